The molecule has 0 aliphatic carbocycles. The van der Waals surface area contributed by atoms with Crippen molar-refractivity contribution < 1.29 is 9.53 Å². The normalized spacial score (nSPS) is 10.2. The SMILES string of the molecule is Nc1ccc(C(=O)OCCn2cccn2)c(N)c1. The Labute approximate surface area is 104 Å². The van der Waals surface area contributed by atoms with Gasteiger partial charge in [0.1, 0.15) is 6.61 Å². The van der Waals surface area contributed by atoms with E-state index in [9.17, 15) is 4.79 Å². The van der Waals surface area contributed by atoms with Crippen LogP contribution < -0.4 is 11.5 Å². The average Bonchev–Trinajstić information content (AvgIpc) is 2.81. The molecule has 0 amide bonds. The van der Waals surface area contributed by atoms with Gasteiger partial charge in [-0.05, 0) is 24.3 Å². The van der Waals surface area contributed by atoms with E-state index < -0.39 is 5.97 Å². The first kappa shape index (κ1) is 12.0. The predicted octanol–water partition coefficient (Wildman–Crippen LogP) is 0.904. The van der Waals surface area contributed by atoms with Gasteiger partial charge in [-0.1, -0.05) is 0 Å². The highest BCUT2D eigenvalue weighted by Gasteiger charge is 2.10. The van der Waals surface area contributed by atoms with Crippen LogP contribution in [0.1, 0.15) is 10.4 Å². The van der Waals surface area contributed by atoms with Gasteiger partial charge >= 0.3 is 5.97 Å². The van der Waals surface area contributed by atoms with Gasteiger partial charge in [-0.2, -0.15) is 5.10 Å². The number of aromatic nitrogens is 2. The standard InChI is InChI=1S/C12H14N4O2/c13-9-2-3-10(11(14)8-9)12(17)18-7-6-16-5-1-4-15-16/h1-5,8H,6-7,13-14H2. The summed E-state index contributed by atoms with van der Waals surface area (Å²) in [5.74, 6) is -0.459. The van der Waals surface area contributed by atoms with Crippen molar-refractivity contribution in [2.45, 2.75) is 6.54 Å². The van der Waals surface area contributed by atoms with E-state index in [0.29, 0.717) is 23.5 Å². The summed E-state index contributed by atoms with van der Waals surface area (Å²) in [6, 6.07) is 6.51. The second-order valence-electron chi connectivity index (χ2n) is 3.75. The molecule has 0 spiro atoms. The number of hydrogen-bond acceptors (Lipinski definition) is 5. The summed E-state index contributed by atoms with van der Waals surface area (Å²) in [6.07, 6.45) is 3.46. The van der Waals surface area contributed by atoms with Crippen LogP contribution in [0.2, 0.25) is 0 Å². The van der Waals surface area contributed by atoms with Crippen molar-refractivity contribution in [3.63, 3.8) is 0 Å². The number of hydrogen-bond donors (Lipinski definition) is 2. The molecule has 1 aromatic heterocycles. The van der Waals surface area contributed by atoms with Gasteiger partial charge in [0.2, 0.25) is 0 Å². The third kappa shape index (κ3) is 2.79. The van der Waals surface area contributed by atoms with Gasteiger partial charge in [0.25, 0.3) is 0 Å². The number of anilines is 2. The molecule has 1 aromatic carbocycles. The Balaban J connectivity index is 1.91. The van der Waals surface area contributed by atoms with Crippen LogP contribution in [0.25, 0.3) is 0 Å². The van der Waals surface area contributed by atoms with Crippen molar-refractivity contribution in [2.24, 2.45) is 0 Å². The molecular weight excluding hydrogens is 232 g/mol. The number of nitrogens with zero attached hydrogens (tertiary/aromatic N) is 2. The van der Waals surface area contributed by atoms with E-state index in [1.807, 2.05) is 0 Å². The van der Waals surface area contributed by atoms with Crippen molar-refractivity contribution in [3.8, 4) is 0 Å². The van der Waals surface area contributed by atoms with Crippen molar-refractivity contribution in [1.82, 2.24) is 9.78 Å². The van der Waals surface area contributed by atoms with Gasteiger partial charge in [0.15, 0.2) is 0 Å². The number of nitrogen functional groups attached to an aromatic ring is 2. The Morgan fingerprint density at radius 2 is 2.22 bits per heavy atom. The van der Waals surface area contributed by atoms with E-state index >= 15 is 0 Å². The van der Waals surface area contributed by atoms with Gasteiger partial charge in [-0.15, -0.1) is 0 Å². The van der Waals surface area contributed by atoms with Gasteiger partial charge in [-0.25, -0.2) is 4.79 Å². The molecule has 0 bridgehead atoms. The molecule has 0 saturated carbocycles. The highest BCUT2D eigenvalue weighted by atomic mass is 16.5. The number of ether oxygens (including phenoxy) is 1. The van der Waals surface area contributed by atoms with Crippen LogP contribution >= 0.6 is 0 Å². The lowest BCUT2D eigenvalue weighted by Crippen LogP contribution is -2.13. The molecule has 0 saturated heterocycles. The van der Waals surface area contributed by atoms with Crippen molar-refractivity contribution in [2.75, 3.05) is 18.1 Å². The fourth-order valence-electron chi connectivity index (χ4n) is 1.51. The van der Waals surface area contributed by atoms with E-state index in [1.165, 1.54) is 6.07 Å². The number of rotatable bonds is 4. The molecule has 2 rings (SSSR count). The summed E-state index contributed by atoms with van der Waals surface area (Å²) < 4.78 is 6.78. The highest BCUT2D eigenvalue weighted by Crippen LogP contribution is 2.16. The van der Waals surface area contributed by atoms with Crippen LogP contribution in [0.15, 0.2) is 36.7 Å². The van der Waals surface area contributed by atoms with Crippen LogP contribution in [0.4, 0.5) is 11.4 Å². The zero-order valence-corrected chi connectivity index (χ0v) is 9.74. The molecule has 0 radical (unpaired) electrons. The third-order valence-corrected chi connectivity index (χ3v) is 2.41. The molecule has 6 nitrogen and oxygen atoms in total. The average molecular weight is 246 g/mol. The quantitative estimate of drug-likeness (QED) is 0.617. The smallest absolute Gasteiger partial charge is 0.340 e. The molecule has 18 heavy (non-hydrogen) atoms. The third-order valence-electron chi connectivity index (χ3n) is 2.41. The van der Waals surface area contributed by atoms with Gasteiger partial charge in [0.05, 0.1) is 12.1 Å². The molecule has 0 aliphatic rings. The maximum Gasteiger partial charge on any atom is 0.340 e. The predicted molar refractivity (Wildman–Crippen MR) is 67.8 cm³/mol. The van der Waals surface area contributed by atoms with Crippen molar-refractivity contribution in [3.05, 3.63) is 42.2 Å². The fraction of sp³-hybridized carbons (Fsp3) is 0.167. The van der Waals surface area contributed by atoms with Gasteiger partial charge in [-0.3, -0.25) is 4.68 Å². The Morgan fingerprint density at radius 1 is 1.39 bits per heavy atom. The maximum absolute atomic E-state index is 11.7. The zero-order valence-electron chi connectivity index (χ0n) is 9.74. The van der Waals surface area contributed by atoms with E-state index in [-0.39, 0.29) is 6.61 Å². The van der Waals surface area contributed by atoms with Crippen LogP contribution in [-0.4, -0.2) is 22.4 Å². The summed E-state index contributed by atoms with van der Waals surface area (Å²) in [5, 5.41) is 4.00. The summed E-state index contributed by atoms with van der Waals surface area (Å²) in [4.78, 5) is 11.7. The molecule has 0 atom stereocenters. The lowest BCUT2D eigenvalue weighted by molar-refractivity contribution is 0.0489. The Kier molecular flexibility index (Phi) is 3.47. The number of benzene rings is 1. The van der Waals surface area contributed by atoms with Crippen LogP contribution in [0.3, 0.4) is 0 Å². The van der Waals surface area contributed by atoms with Crippen molar-refractivity contribution >= 4 is 17.3 Å². The minimum absolute atomic E-state index is 0.240. The summed E-state index contributed by atoms with van der Waals surface area (Å²) in [5.41, 5.74) is 12.4. The minimum Gasteiger partial charge on any atom is -0.460 e. The van der Waals surface area contributed by atoms with Crippen molar-refractivity contribution in [1.29, 1.82) is 0 Å². The molecule has 4 N–H and O–H groups in total. The molecule has 6 heteroatoms. The van der Waals surface area contributed by atoms with E-state index in [1.54, 1.807) is 35.3 Å². The Morgan fingerprint density at radius 3 is 2.89 bits per heavy atom. The Hall–Kier alpha value is -2.50. The molecule has 0 aliphatic heterocycles. The lowest BCUT2D eigenvalue weighted by atomic mass is 10.1. The maximum atomic E-state index is 11.7. The molecular formula is C12H14N4O2. The molecule has 0 fully saturated rings. The molecule has 0 unspecified atom stereocenters. The minimum atomic E-state index is -0.459. The second-order valence-corrected chi connectivity index (χ2v) is 3.75. The number of carbonyl (C=O) groups is 1. The monoisotopic (exact) mass is 246 g/mol. The van der Waals surface area contributed by atoms with Gasteiger partial charge in [0, 0.05) is 23.8 Å². The highest BCUT2D eigenvalue weighted by molar-refractivity contribution is 5.95. The zero-order chi connectivity index (χ0) is 13.0. The Bertz CT molecular complexity index is 537. The number of esters is 1. The topological polar surface area (TPSA) is 96.2 Å². The van der Waals surface area contributed by atoms with E-state index in [4.69, 9.17) is 16.2 Å². The van der Waals surface area contributed by atoms with Crippen LogP contribution in [0.5, 0.6) is 0 Å². The largest absolute Gasteiger partial charge is 0.460 e. The molecule has 2 aromatic rings. The molecule has 1 heterocycles. The van der Waals surface area contributed by atoms with Crippen LogP contribution in [-0.2, 0) is 11.3 Å². The summed E-state index contributed by atoms with van der Waals surface area (Å²) >= 11 is 0. The molecule has 94 valence electrons. The lowest BCUT2D eigenvalue weighted by Gasteiger charge is -2.07. The first-order chi connectivity index (χ1) is 8.66. The summed E-state index contributed by atoms with van der Waals surface area (Å²) in [7, 11) is 0. The van der Waals surface area contributed by atoms with Gasteiger partial charge < -0.3 is 16.2 Å². The second kappa shape index (κ2) is 5.22. The summed E-state index contributed by atoms with van der Waals surface area (Å²) in [6.45, 7) is 0.748. The number of nitrogens with two attached hydrogens (primary N) is 2. The van der Waals surface area contributed by atoms with E-state index in [0.717, 1.165) is 0 Å². The van der Waals surface area contributed by atoms with Crippen LogP contribution in [0, 0.1) is 0 Å². The first-order valence-corrected chi connectivity index (χ1v) is 5.46. The number of carbonyl (C=O) groups excluding carboxylic acids is 1. The van der Waals surface area contributed by atoms with E-state index in [2.05, 4.69) is 5.10 Å². The fourth-order valence-corrected chi connectivity index (χ4v) is 1.51. The first-order valence-electron chi connectivity index (χ1n) is 5.46.